The maximum atomic E-state index is 14.9. The first-order valence-electron chi connectivity index (χ1n) is 28.7. The second-order valence-corrected chi connectivity index (χ2v) is 25.7. The molecule has 12 rings (SSSR count). The highest BCUT2D eigenvalue weighted by Gasteiger charge is 2.49. The fourth-order valence-electron chi connectivity index (χ4n) is 14.1. The number of aromatic nitrogens is 7. The molecule has 0 radical (unpaired) electrons. The van der Waals surface area contributed by atoms with E-state index in [-0.39, 0.29) is 47.7 Å². The van der Waals surface area contributed by atoms with Gasteiger partial charge in [0.25, 0.3) is 5.56 Å². The fraction of sp³-hybridized carbons (Fsp3) is 0.567. The molecule has 6 aliphatic rings. The lowest BCUT2D eigenvalue weighted by Gasteiger charge is -2.36. The van der Waals surface area contributed by atoms with Crippen LogP contribution in [0.2, 0.25) is 5.02 Å². The number of aliphatic hydroxyl groups is 1. The highest BCUT2D eigenvalue weighted by molar-refractivity contribution is 7.13. The zero-order chi connectivity index (χ0) is 53.9. The highest BCUT2D eigenvalue weighted by Crippen LogP contribution is 2.52. The average Bonchev–Trinajstić information content (AvgIpc) is 4.23. The summed E-state index contributed by atoms with van der Waals surface area (Å²) in [6.45, 7) is 14.7. The summed E-state index contributed by atoms with van der Waals surface area (Å²) < 4.78 is 9.53. The van der Waals surface area contributed by atoms with E-state index in [0.29, 0.717) is 42.0 Å². The molecule has 2 saturated carbocycles. The lowest BCUT2D eigenvalue weighted by Crippen LogP contribution is -2.52. The van der Waals surface area contributed by atoms with Crippen molar-refractivity contribution >= 4 is 45.7 Å². The number of β-amino-alcohol motifs (C(OH)–C–C–N with tert-alkyl or cyclic N) is 1. The Bertz CT molecular complexity index is 3220. The predicted octanol–water partition coefficient (Wildman–Crippen LogP) is 8.91. The van der Waals surface area contributed by atoms with Gasteiger partial charge in [0.2, 0.25) is 11.8 Å². The van der Waals surface area contributed by atoms with Crippen LogP contribution in [0.1, 0.15) is 156 Å². The molecule has 4 aromatic heterocycles. The molecule has 2 aliphatic carbocycles. The van der Waals surface area contributed by atoms with E-state index in [1.165, 1.54) is 12.0 Å². The first-order chi connectivity index (χ1) is 37.7. The maximum Gasteiger partial charge on any atom is 0.282 e. The summed E-state index contributed by atoms with van der Waals surface area (Å²) in [5.41, 5.74) is 7.81. The number of aliphatic hydroxyl groups excluding tert-OH is 1. The second kappa shape index (κ2) is 21.9. The van der Waals surface area contributed by atoms with Crippen molar-refractivity contribution < 1.29 is 19.4 Å². The van der Waals surface area contributed by atoms with Gasteiger partial charge >= 0.3 is 0 Å². The topological polar surface area (TPSA) is 177 Å². The number of benzene rings is 2. The quantitative estimate of drug-likeness (QED) is 0.119. The summed E-state index contributed by atoms with van der Waals surface area (Å²) in [5, 5.41) is 24.7. The molecule has 78 heavy (non-hydrogen) atoms. The van der Waals surface area contributed by atoms with Crippen LogP contribution in [0.5, 0.6) is 0 Å². The van der Waals surface area contributed by atoms with Crippen LogP contribution in [0.15, 0.2) is 71.1 Å². The number of pyridine rings is 1. The van der Waals surface area contributed by atoms with Gasteiger partial charge in [-0.1, -0.05) is 93.2 Å². The molecule has 2 N–H and O–H groups in total. The van der Waals surface area contributed by atoms with Gasteiger partial charge in [0.05, 0.1) is 68.5 Å². The van der Waals surface area contributed by atoms with Gasteiger partial charge in [-0.05, 0) is 112 Å². The first kappa shape index (κ1) is 53.2. The van der Waals surface area contributed by atoms with Gasteiger partial charge in [-0.15, -0.1) is 16.4 Å². The van der Waals surface area contributed by atoms with E-state index in [9.17, 15) is 19.5 Å². The number of fused-ring (bicyclic) bond motifs is 7. The van der Waals surface area contributed by atoms with Crippen molar-refractivity contribution in [3.63, 3.8) is 0 Å². The van der Waals surface area contributed by atoms with Crippen molar-refractivity contribution in [2.24, 2.45) is 11.3 Å². The van der Waals surface area contributed by atoms with Crippen LogP contribution in [0, 0.1) is 18.3 Å². The zero-order valence-corrected chi connectivity index (χ0v) is 47.2. The number of carbonyl (C=O) groups excluding carboxylic acids is 2. The molecular formula is C60H74ClN11O5S. The highest BCUT2D eigenvalue weighted by atomic mass is 35.5. The Balaban J connectivity index is 0.676. The normalized spacial score (nSPS) is 23.8. The van der Waals surface area contributed by atoms with Crippen molar-refractivity contribution in [2.75, 3.05) is 59.0 Å². The van der Waals surface area contributed by atoms with Crippen LogP contribution >= 0.6 is 22.9 Å². The van der Waals surface area contributed by atoms with Crippen molar-refractivity contribution in [1.82, 2.24) is 54.5 Å². The minimum absolute atomic E-state index is 0.0695. The Morgan fingerprint density at radius 2 is 1.64 bits per heavy atom. The number of aryl methyl sites for hydroxylation is 1. The largest absolute Gasteiger partial charge is 0.391 e. The summed E-state index contributed by atoms with van der Waals surface area (Å²) in [4.78, 5) is 65.3. The number of nitrogens with zero attached hydrogens (tertiary/aromatic N) is 10. The number of hydrogen-bond donors (Lipinski definition) is 2. The lowest BCUT2D eigenvalue weighted by atomic mass is 9.70. The molecule has 2 amide bonds. The Morgan fingerprint density at radius 1 is 0.897 bits per heavy atom. The predicted molar refractivity (Wildman–Crippen MR) is 302 cm³/mol. The number of halogens is 1. The van der Waals surface area contributed by atoms with E-state index in [0.717, 1.165) is 147 Å². The zero-order valence-electron chi connectivity index (χ0n) is 45.6. The van der Waals surface area contributed by atoms with Gasteiger partial charge in [0.15, 0.2) is 0 Å². The number of amides is 2. The van der Waals surface area contributed by atoms with Gasteiger partial charge in [0, 0.05) is 68.4 Å². The standard InChI is InChI=1S/C60H74ClN11O5S/c1-37-52(78-36-62-37)42-17-15-39(16-18-42)47(34-69-27-29-77-30-28-69)64-55(74)50-31-43(73)33-70(50)57(76)53(59(2,3)4)71-35-48(66-67-71)40-13-11-38(12-14-40)32-68-25-21-41(22-26-68)46-20-19-44-54(63-46)72-49-10-8-9-45(61)51(49)56(75)65-58(72)60(44)23-6-5-7-24-60/h8-10,15-20,35-36,38,40-41,43,47,50,53,73H,5-7,11-14,21-34H2,1-4H3,(H,64,74)/t38?,40?,43-,47+,50+,53-/m1/s1. The molecule has 18 heteroatoms. The van der Waals surface area contributed by atoms with Crippen LogP contribution in [0.3, 0.4) is 0 Å². The van der Waals surface area contributed by atoms with E-state index < -0.39 is 23.6 Å². The average molecular weight is 1100 g/mol. The molecule has 0 bridgehead atoms. The van der Waals surface area contributed by atoms with Crippen molar-refractivity contribution in [2.45, 2.75) is 146 Å². The van der Waals surface area contributed by atoms with Crippen LogP contribution < -0.4 is 10.9 Å². The molecule has 16 nitrogen and oxygen atoms in total. The van der Waals surface area contributed by atoms with Crippen molar-refractivity contribution in [3.05, 3.63) is 116 Å². The van der Waals surface area contributed by atoms with Crippen LogP contribution in [-0.2, 0) is 19.7 Å². The van der Waals surface area contributed by atoms with Crippen LogP contribution in [0.4, 0.5) is 0 Å². The molecule has 2 aromatic carbocycles. The molecule has 6 aromatic rings. The number of likely N-dealkylation sites (tertiary alicyclic amines) is 2. The molecule has 4 atom stereocenters. The number of nitrogens with one attached hydrogen (secondary N) is 1. The Morgan fingerprint density at radius 3 is 2.36 bits per heavy atom. The molecule has 3 saturated heterocycles. The number of morpholine rings is 1. The van der Waals surface area contributed by atoms with Crippen LogP contribution in [0.25, 0.3) is 27.2 Å². The van der Waals surface area contributed by atoms with Crippen molar-refractivity contribution in [3.8, 4) is 16.3 Å². The number of rotatable bonds is 12. The number of carbonyl (C=O) groups is 2. The van der Waals surface area contributed by atoms with E-state index in [2.05, 4.69) is 66.3 Å². The summed E-state index contributed by atoms with van der Waals surface area (Å²) in [6, 6.07) is 16.6. The van der Waals surface area contributed by atoms with Gasteiger partial charge in [-0.3, -0.25) is 23.9 Å². The monoisotopic (exact) mass is 1100 g/mol. The summed E-state index contributed by atoms with van der Waals surface area (Å²) >= 11 is 8.25. The van der Waals surface area contributed by atoms with E-state index >= 15 is 0 Å². The minimum Gasteiger partial charge on any atom is -0.391 e. The van der Waals surface area contributed by atoms with E-state index in [1.807, 2.05) is 51.5 Å². The molecule has 0 unspecified atom stereocenters. The van der Waals surface area contributed by atoms with Gasteiger partial charge < -0.3 is 25.0 Å². The Kier molecular flexibility index (Phi) is 14.9. The van der Waals surface area contributed by atoms with Gasteiger partial charge in [0.1, 0.15) is 23.7 Å². The Hall–Kier alpha value is -5.43. The smallest absolute Gasteiger partial charge is 0.282 e. The van der Waals surface area contributed by atoms with E-state index in [1.54, 1.807) is 27.0 Å². The molecule has 5 fully saturated rings. The van der Waals surface area contributed by atoms with Crippen LogP contribution in [-0.4, -0.2) is 137 Å². The first-order valence-corrected chi connectivity index (χ1v) is 30.0. The second-order valence-electron chi connectivity index (χ2n) is 24.4. The van der Waals surface area contributed by atoms with Crippen molar-refractivity contribution in [1.29, 1.82) is 0 Å². The third-order valence-corrected chi connectivity index (χ3v) is 19.6. The molecule has 4 aliphatic heterocycles. The molecular weight excluding hydrogens is 1020 g/mol. The number of hydrogen-bond acceptors (Lipinski definition) is 13. The number of ether oxygens (including phenoxy) is 1. The summed E-state index contributed by atoms with van der Waals surface area (Å²) in [5.74, 6) is 2.44. The number of piperidine rings is 1. The SMILES string of the molecule is Cc1ncsc1-c1ccc([C@H](CN2CCOCC2)NC(=O)[C@@H]2C[C@@H](O)CN2C(=O)[C@@H](n2cc(C3CCC(CN4CCC(c5ccc6c(n5)-n5c(nc(=O)c7c(Cl)cccc75)C65CCCCC5)CC4)CC3)nn2)C(C)(C)C)cc1. The molecule has 1 spiro atoms. The van der Waals surface area contributed by atoms with E-state index in [4.69, 9.17) is 31.4 Å². The van der Waals surface area contributed by atoms with Gasteiger partial charge in [-0.25, -0.2) is 14.6 Å². The third kappa shape index (κ3) is 10.2. The fourth-order valence-corrected chi connectivity index (χ4v) is 15.2. The third-order valence-electron chi connectivity index (χ3n) is 18.3. The lowest BCUT2D eigenvalue weighted by molar-refractivity contribution is -0.144. The summed E-state index contributed by atoms with van der Waals surface area (Å²) in [6.07, 6.45) is 13.0. The Labute approximate surface area is 465 Å². The summed E-state index contributed by atoms with van der Waals surface area (Å²) in [7, 11) is 0. The maximum absolute atomic E-state index is 14.9. The number of thiazole rings is 1. The minimum atomic E-state index is -0.844. The molecule has 8 heterocycles. The molecule has 412 valence electrons. The van der Waals surface area contributed by atoms with Gasteiger partial charge in [-0.2, -0.15) is 4.98 Å².